The van der Waals surface area contributed by atoms with Crippen molar-refractivity contribution in [2.45, 2.75) is 13.0 Å². The molecular weight excluding hydrogens is 324 g/mol. The lowest BCUT2D eigenvalue weighted by atomic mass is 10.0. The summed E-state index contributed by atoms with van der Waals surface area (Å²) in [5.41, 5.74) is 2.46. The number of ketones is 1. The average molecular weight is 341 g/mol. The smallest absolute Gasteiger partial charge is 0.184 e. The van der Waals surface area contributed by atoms with E-state index >= 15 is 0 Å². The number of fused-ring (bicyclic) bond motifs is 1. The Hall–Kier alpha value is -3.40. The van der Waals surface area contributed by atoms with E-state index < -0.39 is 0 Å². The molecule has 0 aliphatic heterocycles. The molecule has 4 aromatic rings. The summed E-state index contributed by atoms with van der Waals surface area (Å²) in [6.45, 7) is 0.147. The molecule has 0 bridgehead atoms. The molecule has 0 aliphatic carbocycles. The molecule has 0 amide bonds. The van der Waals surface area contributed by atoms with E-state index in [0.717, 1.165) is 22.0 Å². The first-order chi connectivity index (χ1) is 12.7. The van der Waals surface area contributed by atoms with Crippen LogP contribution in [0.3, 0.4) is 0 Å². The highest BCUT2D eigenvalue weighted by atomic mass is 16.3. The van der Waals surface area contributed by atoms with E-state index in [0.29, 0.717) is 12.0 Å². The Balaban J connectivity index is 1.52. The van der Waals surface area contributed by atoms with Crippen molar-refractivity contribution >= 4 is 16.6 Å². The van der Waals surface area contributed by atoms with E-state index in [1.807, 2.05) is 48.5 Å². The standard InChI is InChI=1S/C22H17N2O2/c25-19-8-3-5-16(14-19)13-18-11-12-24(23-18)15-22(26)21-10-4-7-17-6-1-2-9-20(17)21/h1-11,14,25H,13,15H2. The first-order valence-electron chi connectivity index (χ1n) is 8.42. The highest BCUT2D eigenvalue weighted by Crippen LogP contribution is 2.19. The Morgan fingerprint density at radius 1 is 1.04 bits per heavy atom. The Morgan fingerprint density at radius 3 is 2.73 bits per heavy atom. The zero-order valence-corrected chi connectivity index (χ0v) is 14.1. The number of rotatable bonds is 5. The average Bonchev–Trinajstić information content (AvgIpc) is 3.08. The van der Waals surface area contributed by atoms with Gasteiger partial charge in [0.05, 0.1) is 11.9 Å². The first-order valence-corrected chi connectivity index (χ1v) is 8.42. The molecule has 0 saturated heterocycles. The molecule has 0 fully saturated rings. The highest BCUT2D eigenvalue weighted by molar-refractivity contribution is 6.07. The van der Waals surface area contributed by atoms with Crippen molar-refractivity contribution in [2.75, 3.05) is 0 Å². The lowest BCUT2D eigenvalue weighted by molar-refractivity contribution is 0.0969. The van der Waals surface area contributed by atoms with Gasteiger partial charge >= 0.3 is 0 Å². The van der Waals surface area contributed by atoms with Gasteiger partial charge in [0.25, 0.3) is 0 Å². The fraction of sp³-hybridized carbons (Fsp3) is 0.0909. The van der Waals surface area contributed by atoms with Crippen LogP contribution in [0.1, 0.15) is 21.6 Å². The minimum Gasteiger partial charge on any atom is -0.508 e. The number of phenolic OH excluding ortho intramolecular Hbond substituents is 1. The predicted molar refractivity (Wildman–Crippen MR) is 100 cm³/mol. The Bertz CT molecular complexity index is 1080. The van der Waals surface area contributed by atoms with Crippen LogP contribution in [0, 0.1) is 6.20 Å². The number of hydrogen-bond donors (Lipinski definition) is 1. The van der Waals surface area contributed by atoms with Crippen molar-refractivity contribution in [3.05, 3.63) is 95.8 Å². The molecule has 0 saturated carbocycles. The van der Waals surface area contributed by atoms with Crippen molar-refractivity contribution < 1.29 is 9.90 Å². The SMILES string of the molecule is O=C(Cn1[c]cc(Cc2cccc(O)c2)n1)c1cccc2ccccc12. The van der Waals surface area contributed by atoms with E-state index in [1.165, 1.54) is 0 Å². The Kier molecular flexibility index (Phi) is 4.23. The molecule has 1 aromatic heterocycles. The number of Topliss-reactive ketones (excluding diaryl/α,β-unsaturated/α-hetero) is 1. The number of aromatic hydroxyl groups is 1. The monoisotopic (exact) mass is 341 g/mol. The molecule has 1 heterocycles. The molecule has 0 spiro atoms. The van der Waals surface area contributed by atoms with Gasteiger partial charge in [0.15, 0.2) is 5.78 Å². The van der Waals surface area contributed by atoms with Crippen molar-refractivity contribution in [1.29, 1.82) is 0 Å². The summed E-state index contributed by atoms with van der Waals surface area (Å²) in [6, 6.07) is 22.5. The van der Waals surface area contributed by atoms with Crippen LogP contribution >= 0.6 is 0 Å². The molecule has 127 valence electrons. The number of carbonyl (C=O) groups is 1. The second kappa shape index (κ2) is 6.84. The van der Waals surface area contributed by atoms with E-state index in [4.69, 9.17) is 0 Å². The number of hydrogen-bond acceptors (Lipinski definition) is 3. The van der Waals surface area contributed by atoms with Crippen LogP contribution in [0.25, 0.3) is 10.8 Å². The van der Waals surface area contributed by atoms with E-state index in [9.17, 15) is 9.90 Å². The highest BCUT2D eigenvalue weighted by Gasteiger charge is 2.12. The van der Waals surface area contributed by atoms with Crippen LogP contribution in [-0.4, -0.2) is 20.7 Å². The van der Waals surface area contributed by atoms with E-state index in [1.54, 1.807) is 28.9 Å². The number of carbonyl (C=O) groups excluding carboxylic acids is 1. The van der Waals surface area contributed by atoms with Crippen molar-refractivity contribution in [3.63, 3.8) is 0 Å². The topological polar surface area (TPSA) is 55.1 Å². The fourth-order valence-electron chi connectivity index (χ4n) is 3.09. The summed E-state index contributed by atoms with van der Waals surface area (Å²) in [5.74, 6) is 0.238. The second-order valence-electron chi connectivity index (χ2n) is 6.22. The zero-order chi connectivity index (χ0) is 17.9. The van der Waals surface area contributed by atoms with Gasteiger partial charge in [-0.2, -0.15) is 5.10 Å². The number of phenols is 1. The maximum atomic E-state index is 12.7. The van der Waals surface area contributed by atoms with Gasteiger partial charge in [0.1, 0.15) is 12.3 Å². The molecule has 0 aliphatic rings. The van der Waals surface area contributed by atoms with Crippen molar-refractivity contribution in [1.82, 2.24) is 9.78 Å². The third-order valence-electron chi connectivity index (χ3n) is 4.31. The van der Waals surface area contributed by atoms with Crippen LogP contribution in [0.15, 0.2) is 72.8 Å². The zero-order valence-electron chi connectivity index (χ0n) is 14.1. The van der Waals surface area contributed by atoms with Gasteiger partial charge in [-0.25, -0.2) is 0 Å². The molecule has 1 N–H and O–H groups in total. The molecule has 26 heavy (non-hydrogen) atoms. The maximum Gasteiger partial charge on any atom is 0.184 e. The van der Waals surface area contributed by atoms with Gasteiger partial charge in [-0.3, -0.25) is 9.48 Å². The van der Waals surface area contributed by atoms with Gasteiger partial charge in [-0.05, 0) is 34.5 Å². The molecule has 0 unspecified atom stereocenters. The molecule has 3 aromatic carbocycles. The summed E-state index contributed by atoms with van der Waals surface area (Å²) in [5, 5.41) is 16.0. The minimum absolute atomic E-state index is 0.00468. The lowest BCUT2D eigenvalue weighted by Gasteiger charge is -2.06. The first kappa shape index (κ1) is 16.1. The minimum atomic E-state index is 0.00468. The summed E-state index contributed by atoms with van der Waals surface area (Å²) >= 11 is 0. The largest absolute Gasteiger partial charge is 0.508 e. The second-order valence-corrected chi connectivity index (χ2v) is 6.22. The molecule has 4 rings (SSSR count). The normalized spacial score (nSPS) is 10.9. The van der Waals surface area contributed by atoms with Crippen LogP contribution < -0.4 is 0 Å². The molecule has 0 atom stereocenters. The van der Waals surface area contributed by atoms with Crippen LogP contribution in [0.2, 0.25) is 0 Å². The van der Waals surface area contributed by atoms with Crippen LogP contribution in [-0.2, 0) is 13.0 Å². The Labute approximate surface area is 151 Å². The van der Waals surface area contributed by atoms with Crippen LogP contribution in [0.4, 0.5) is 0 Å². The lowest BCUT2D eigenvalue weighted by Crippen LogP contribution is -2.12. The van der Waals surface area contributed by atoms with Gasteiger partial charge in [-0.15, -0.1) is 0 Å². The molecule has 1 radical (unpaired) electrons. The Morgan fingerprint density at radius 2 is 1.85 bits per heavy atom. The van der Waals surface area contributed by atoms with Gasteiger partial charge < -0.3 is 5.11 Å². The summed E-state index contributed by atoms with van der Waals surface area (Å²) < 4.78 is 1.54. The quantitative estimate of drug-likeness (QED) is 0.558. The fourth-order valence-corrected chi connectivity index (χ4v) is 3.09. The van der Waals surface area contributed by atoms with Crippen molar-refractivity contribution in [3.8, 4) is 5.75 Å². The third kappa shape index (κ3) is 3.35. The maximum absolute atomic E-state index is 12.7. The number of nitrogens with zero attached hydrogens (tertiary/aromatic N) is 2. The van der Waals surface area contributed by atoms with Gasteiger partial charge in [0.2, 0.25) is 0 Å². The third-order valence-corrected chi connectivity index (χ3v) is 4.31. The van der Waals surface area contributed by atoms with E-state index in [-0.39, 0.29) is 18.1 Å². The van der Waals surface area contributed by atoms with Crippen LogP contribution in [0.5, 0.6) is 5.75 Å². The molecular formula is C22H17N2O2. The summed E-state index contributed by atoms with van der Waals surface area (Å²) in [7, 11) is 0. The summed E-state index contributed by atoms with van der Waals surface area (Å²) in [6.07, 6.45) is 3.60. The number of benzene rings is 3. The molecule has 4 heteroatoms. The molecule has 4 nitrogen and oxygen atoms in total. The number of aromatic nitrogens is 2. The van der Waals surface area contributed by atoms with Gasteiger partial charge in [-0.1, -0.05) is 54.6 Å². The van der Waals surface area contributed by atoms with E-state index in [2.05, 4.69) is 11.3 Å². The van der Waals surface area contributed by atoms with Crippen molar-refractivity contribution in [2.24, 2.45) is 0 Å². The van der Waals surface area contributed by atoms with Gasteiger partial charge in [0, 0.05) is 12.0 Å². The summed E-state index contributed by atoms with van der Waals surface area (Å²) in [4.78, 5) is 12.7. The predicted octanol–water partition coefficient (Wildman–Crippen LogP) is 4.02.